The van der Waals surface area contributed by atoms with Crippen molar-refractivity contribution in [3.05, 3.63) is 22.7 Å². The molecule has 0 bridgehead atoms. The fourth-order valence-corrected chi connectivity index (χ4v) is 3.98. The first-order chi connectivity index (χ1) is 10.0. The second-order valence-electron chi connectivity index (χ2n) is 6.05. The summed E-state index contributed by atoms with van der Waals surface area (Å²) in [4.78, 5) is 14.3. The summed E-state index contributed by atoms with van der Waals surface area (Å²) in [5, 5.41) is 12.8. The van der Waals surface area contributed by atoms with Crippen molar-refractivity contribution >= 4 is 33.2 Å². The number of aliphatic hydroxyl groups is 1. The number of nitrogens with one attached hydrogen (secondary N) is 1. The summed E-state index contributed by atoms with van der Waals surface area (Å²) in [6, 6.07) is 5.32. The third-order valence-corrected chi connectivity index (χ3v) is 5.19. The Labute approximate surface area is 132 Å². The van der Waals surface area contributed by atoms with Crippen LogP contribution in [0.15, 0.2) is 22.7 Å². The van der Waals surface area contributed by atoms with E-state index < -0.39 is 0 Å². The molecule has 0 spiro atoms. The molecule has 1 aromatic rings. The lowest BCUT2D eigenvalue weighted by Crippen LogP contribution is -2.33. The molecular weight excluding hydrogens is 334 g/mol. The first-order valence-electron chi connectivity index (χ1n) is 7.28. The molecule has 3 atom stereocenters. The third kappa shape index (κ3) is 3.22. The van der Waals surface area contributed by atoms with Crippen LogP contribution in [0.4, 0.5) is 11.4 Å². The van der Waals surface area contributed by atoms with Gasteiger partial charge in [0.05, 0.1) is 18.3 Å². The maximum Gasteiger partial charge on any atom is 0.238 e. The number of carbonyl (C=O) groups excluding carboxylic acids is 1. The van der Waals surface area contributed by atoms with Gasteiger partial charge in [0.15, 0.2) is 0 Å². The van der Waals surface area contributed by atoms with Crippen molar-refractivity contribution in [2.75, 3.05) is 30.7 Å². The molecule has 1 aliphatic carbocycles. The lowest BCUT2D eigenvalue weighted by Gasteiger charge is -2.17. The molecule has 6 heteroatoms. The number of hydrogen-bond donors (Lipinski definition) is 3. The van der Waals surface area contributed by atoms with Crippen LogP contribution in [0.5, 0.6) is 0 Å². The molecule has 1 amide bonds. The van der Waals surface area contributed by atoms with E-state index in [0.29, 0.717) is 24.1 Å². The predicted octanol–water partition coefficient (Wildman–Crippen LogP) is 1.67. The summed E-state index contributed by atoms with van der Waals surface area (Å²) in [7, 11) is 0. The van der Waals surface area contributed by atoms with Crippen LogP contribution in [0.3, 0.4) is 0 Å². The van der Waals surface area contributed by atoms with Gasteiger partial charge < -0.3 is 16.2 Å². The van der Waals surface area contributed by atoms with Crippen LogP contribution in [-0.2, 0) is 4.79 Å². The molecule has 114 valence electrons. The molecule has 1 aliphatic heterocycles. The molecule has 0 radical (unpaired) electrons. The Morgan fingerprint density at radius 2 is 2.24 bits per heavy atom. The van der Waals surface area contributed by atoms with E-state index in [1.807, 2.05) is 0 Å². The van der Waals surface area contributed by atoms with E-state index in [4.69, 9.17) is 5.73 Å². The molecule has 4 N–H and O–H groups in total. The summed E-state index contributed by atoms with van der Waals surface area (Å²) in [5.41, 5.74) is 7.07. The third-order valence-electron chi connectivity index (χ3n) is 4.53. The average molecular weight is 354 g/mol. The Hall–Kier alpha value is -1.11. The predicted molar refractivity (Wildman–Crippen MR) is 85.8 cm³/mol. The van der Waals surface area contributed by atoms with Crippen LogP contribution < -0.4 is 11.1 Å². The molecule has 0 aromatic heterocycles. The molecule has 2 aliphatic rings. The Kier molecular flexibility index (Phi) is 4.19. The summed E-state index contributed by atoms with van der Waals surface area (Å²) in [6.45, 7) is 2.11. The molecule has 1 heterocycles. The lowest BCUT2D eigenvalue weighted by molar-refractivity contribution is -0.117. The van der Waals surface area contributed by atoms with Gasteiger partial charge in [0.25, 0.3) is 0 Å². The summed E-state index contributed by atoms with van der Waals surface area (Å²) < 4.78 is 0.782. The van der Waals surface area contributed by atoms with Gasteiger partial charge in [-0.1, -0.05) is 0 Å². The summed E-state index contributed by atoms with van der Waals surface area (Å²) in [6.07, 6.45) is 1.80. The summed E-state index contributed by atoms with van der Waals surface area (Å²) in [5.74, 6) is 0.868. The van der Waals surface area contributed by atoms with Crippen molar-refractivity contribution in [3.8, 4) is 0 Å². The normalized spacial score (nSPS) is 28.6. The van der Waals surface area contributed by atoms with Gasteiger partial charge in [-0.25, -0.2) is 0 Å². The second-order valence-corrected chi connectivity index (χ2v) is 6.90. The minimum absolute atomic E-state index is 0.0325. The highest BCUT2D eigenvalue weighted by molar-refractivity contribution is 9.10. The van der Waals surface area contributed by atoms with Crippen molar-refractivity contribution in [1.82, 2.24) is 4.90 Å². The van der Waals surface area contributed by atoms with Crippen molar-refractivity contribution in [1.29, 1.82) is 0 Å². The van der Waals surface area contributed by atoms with Gasteiger partial charge in [-0.15, -0.1) is 0 Å². The minimum atomic E-state index is -0.186. The zero-order valence-corrected chi connectivity index (χ0v) is 13.3. The molecule has 3 rings (SSSR count). The second kappa shape index (κ2) is 5.94. The van der Waals surface area contributed by atoms with E-state index in [2.05, 4.69) is 26.1 Å². The molecule has 1 saturated carbocycles. The Morgan fingerprint density at radius 1 is 1.43 bits per heavy atom. The van der Waals surface area contributed by atoms with Gasteiger partial charge in [0.1, 0.15) is 0 Å². The van der Waals surface area contributed by atoms with Gasteiger partial charge in [0.2, 0.25) is 5.91 Å². The fraction of sp³-hybridized carbons (Fsp3) is 0.533. The number of hydrogen-bond acceptors (Lipinski definition) is 4. The van der Waals surface area contributed by atoms with Gasteiger partial charge in [-0.05, 0) is 52.9 Å². The first-order valence-corrected chi connectivity index (χ1v) is 8.07. The number of nitrogen functional groups attached to an aromatic ring is 1. The molecule has 3 unspecified atom stereocenters. The van der Waals surface area contributed by atoms with E-state index in [-0.39, 0.29) is 12.0 Å². The molecule has 1 aromatic carbocycles. The molecule has 2 fully saturated rings. The standard InChI is InChI=1S/C15H20BrN3O2/c16-12-5-10(17)2-3-13(12)18-15(21)8-19-6-9-1-4-14(20)11(9)7-19/h2-3,5,9,11,14,20H,1,4,6-8,17H2,(H,18,21). The number of benzene rings is 1. The average Bonchev–Trinajstić information content (AvgIpc) is 2.95. The Bertz CT molecular complexity index is 552. The molecular formula is C15H20BrN3O2. The minimum Gasteiger partial charge on any atom is -0.399 e. The number of anilines is 2. The first kappa shape index (κ1) is 14.8. The van der Waals surface area contributed by atoms with Gasteiger partial charge in [-0.2, -0.15) is 0 Å². The van der Waals surface area contributed by atoms with Crippen LogP contribution >= 0.6 is 15.9 Å². The van der Waals surface area contributed by atoms with E-state index in [1.54, 1.807) is 18.2 Å². The lowest BCUT2D eigenvalue weighted by atomic mass is 10.00. The smallest absolute Gasteiger partial charge is 0.238 e. The number of halogens is 1. The van der Waals surface area contributed by atoms with Crippen molar-refractivity contribution in [3.63, 3.8) is 0 Å². The van der Waals surface area contributed by atoms with Gasteiger partial charge >= 0.3 is 0 Å². The maximum atomic E-state index is 12.1. The van der Waals surface area contributed by atoms with Crippen molar-refractivity contribution in [2.45, 2.75) is 18.9 Å². The molecule has 5 nitrogen and oxygen atoms in total. The number of likely N-dealkylation sites (tertiary alicyclic amines) is 1. The number of aliphatic hydroxyl groups excluding tert-OH is 1. The SMILES string of the molecule is Nc1ccc(NC(=O)CN2CC3CCC(O)C3C2)c(Br)c1. The number of nitrogens with zero attached hydrogens (tertiary/aromatic N) is 1. The monoisotopic (exact) mass is 353 g/mol. The summed E-state index contributed by atoms with van der Waals surface area (Å²) >= 11 is 3.39. The zero-order valence-electron chi connectivity index (χ0n) is 11.8. The molecule has 1 saturated heterocycles. The molecule has 21 heavy (non-hydrogen) atoms. The topological polar surface area (TPSA) is 78.6 Å². The largest absolute Gasteiger partial charge is 0.399 e. The Balaban J connectivity index is 1.55. The number of nitrogens with two attached hydrogens (primary N) is 1. The highest BCUT2D eigenvalue weighted by Crippen LogP contribution is 2.37. The maximum absolute atomic E-state index is 12.1. The van der Waals surface area contributed by atoms with Crippen LogP contribution in [0, 0.1) is 11.8 Å². The zero-order chi connectivity index (χ0) is 15.0. The van der Waals surface area contributed by atoms with Crippen LogP contribution in [0.25, 0.3) is 0 Å². The van der Waals surface area contributed by atoms with Crippen LogP contribution in [0.2, 0.25) is 0 Å². The number of rotatable bonds is 3. The van der Waals surface area contributed by atoms with Crippen LogP contribution in [-0.4, -0.2) is 41.7 Å². The van der Waals surface area contributed by atoms with Gasteiger partial charge in [-0.3, -0.25) is 9.69 Å². The van der Waals surface area contributed by atoms with Crippen LogP contribution in [0.1, 0.15) is 12.8 Å². The van der Waals surface area contributed by atoms with Gasteiger partial charge in [0, 0.05) is 29.2 Å². The number of amides is 1. The Morgan fingerprint density at radius 3 is 2.95 bits per heavy atom. The van der Waals surface area contributed by atoms with E-state index in [9.17, 15) is 9.90 Å². The van der Waals surface area contributed by atoms with E-state index in [0.717, 1.165) is 36.1 Å². The number of fused-ring (bicyclic) bond motifs is 1. The van der Waals surface area contributed by atoms with E-state index >= 15 is 0 Å². The highest BCUT2D eigenvalue weighted by Gasteiger charge is 2.41. The highest BCUT2D eigenvalue weighted by atomic mass is 79.9. The number of carbonyl (C=O) groups is 1. The van der Waals surface area contributed by atoms with Crippen molar-refractivity contribution in [2.24, 2.45) is 11.8 Å². The van der Waals surface area contributed by atoms with Crippen molar-refractivity contribution < 1.29 is 9.90 Å². The van der Waals surface area contributed by atoms with E-state index in [1.165, 1.54) is 0 Å². The quantitative estimate of drug-likeness (QED) is 0.722. The fourth-order valence-electron chi connectivity index (χ4n) is 3.48.